The van der Waals surface area contributed by atoms with Crippen LogP contribution < -0.4 is 9.64 Å². The molecule has 0 saturated carbocycles. The molecule has 0 N–H and O–H groups in total. The second kappa shape index (κ2) is 4.83. The van der Waals surface area contributed by atoms with E-state index < -0.39 is 23.4 Å². The Kier molecular flexibility index (Phi) is 2.99. The number of hydrogen-bond acceptors (Lipinski definition) is 5. The highest BCUT2D eigenvalue weighted by atomic mass is 16.5. The molecule has 0 radical (unpaired) electrons. The SMILES string of the molecule is COC(=O)C1[C@H]2C(=O)N(c3ccc(OC)cc3)C[C@]23C=C[C@H]1O3. The molecule has 1 unspecified atom stereocenters. The minimum absolute atomic E-state index is 0.0996. The van der Waals surface area contributed by atoms with E-state index >= 15 is 0 Å². The van der Waals surface area contributed by atoms with Crippen molar-refractivity contribution >= 4 is 17.6 Å². The van der Waals surface area contributed by atoms with E-state index in [1.165, 1.54) is 7.11 Å². The van der Waals surface area contributed by atoms with Gasteiger partial charge in [0.2, 0.25) is 5.91 Å². The summed E-state index contributed by atoms with van der Waals surface area (Å²) in [4.78, 5) is 26.7. The largest absolute Gasteiger partial charge is 0.497 e. The van der Waals surface area contributed by atoms with Gasteiger partial charge in [-0.2, -0.15) is 0 Å². The van der Waals surface area contributed by atoms with Crippen molar-refractivity contribution in [2.75, 3.05) is 25.7 Å². The monoisotopic (exact) mass is 315 g/mol. The Morgan fingerprint density at radius 2 is 2.04 bits per heavy atom. The summed E-state index contributed by atoms with van der Waals surface area (Å²) in [7, 11) is 2.93. The van der Waals surface area contributed by atoms with E-state index in [-0.39, 0.29) is 12.0 Å². The summed E-state index contributed by atoms with van der Waals surface area (Å²) in [5.41, 5.74) is 0.0456. The van der Waals surface area contributed by atoms with E-state index in [0.717, 1.165) is 11.4 Å². The number of fused-ring (bicyclic) bond motifs is 1. The number of nitrogens with zero attached hydrogens (tertiary/aromatic N) is 1. The molecule has 120 valence electrons. The van der Waals surface area contributed by atoms with Gasteiger partial charge in [-0.25, -0.2) is 0 Å². The smallest absolute Gasteiger partial charge is 0.312 e. The highest BCUT2D eigenvalue weighted by molar-refractivity contribution is 6.02. The standard InChI is InChI=1S/C17H17NO5/c1-21-11-5-3-10(4-6-11)18-9-17-8-7-12(23-17)13(16(20)22-2)14(17)15(18)19/h3-8,12-14H,9H2,1-2H3/t12-,13?,14+,17-/m1/s1. The first-order valence-electron chi connectivity index (χ1n) is 7.50. The van der Waals surface area contributed by atoms with E-state index in [0.29, 0.717) is 6.54 Å². The van der Waals surface area contributed by atoms with E-state index in [1.807, 2.05) is 24.3 Å². The zero-order chi connectivity index (χ0) is 16.2. The number of carbonyl (C=O) groups excluding carboxylic acids is 2. The van der Waals surface area contributed by atoms with Crippen molar-refractivity contribution in [1.82, 2.24) is 0 Å². The Morgan fingerprint density at radius 3 is 2.70 bits per heavy atom. The Labute approximate surface area is 133 Å². The molecule has 6 heteroatoms. The first-order valence-corrected chi connectivity index (χ1v) is 7.50. The predicted octanol–water partition coefficient (Wildman–Crippen LogP) is 1.15. The first kappa shape index (κ1) is 14.3. The molecule has 4 rings (SSSR count). The molecule has 2 bridgehead atoms. The normalized spacial score (nSPS) is 33.9. The second-order valence-electron chi connectivity index (χ2n) is 6.05. The highest BCUT2D eigenvalue weighted by Crippen LogP contribution is 2.52. The fourth-order valence-electron chi connectivity index (χ4n) is 3.88. The maximum atomic E-state index is 12.9. The van der Waals surface area contributed by atoms with Crippen molar-refractivity contribution < 1.29 is 23.8 Å². The third-order valence-corrected chi connectivity index (χ3v) is 4.96. The number of rotatable bonds is 3. The lowest BCUT2D eigenvalue weighted by molar-refractivity contribution is -0.149. The van der Waals surface area contributed by atoms with E-state index in [9.17, 15) is 9.59 Å². The molecule has 3 heterocycles. The van der Waals surface area contributed by atoms with Gasteiger partial charge in [0.05, 0.1) is 32.8 Å². The number of hydrogen-bond donors (Lipinski definition) is 0. The summed E-state index contributed by atoms with van der Waals surface area (Å²) < 4.78 is 16.0. The number of ether oxygens (including phenoxy) is 3. The van der Waals surface area contributed by atoms with Crippen LogP contribution in [0.1, 0.15) is 0 Å². The van der Waals surface area contributed by atoms with Crippen LogP contribution in [0.4, 0.5) is 5.69 Å². The molecule has 23 heavy (non-hydrogen) atoms. The summed E-state index contributed by atoms with van der Waals surface area (Å²) in [5, 5.41) is 0. The van der Waals surface area contributed by atoms with Gasteiger partial charge in [0.15, 0.2) is 0 Å². The average Bonchev–Trinajstić information content (AvgIpc) is 3.22. The van der Waals surface area contributed by atoms with Crippen molar-refractivity contribution in [2.24, 2.45) is 11.8 Å². The number of esters is 1. The summed E-state index contributed by atoms with van der Waals surface area (Å²) in [6, 6.07) is 7.27. The topological polar surface area (TPSA) is 65.1 Å². The van der Waals surface area contributed by atoms with Gasteiger partial charge < -0.3 is 19.1 Å². The average molecular weight is 315 g/mol. The molecule has 0 aliphatic carbocycles. The molecule has 6 nitrogen and oxygen atoms in total. The number of benzene rings is 1. The predicted molar refractivity (Wildman–Crippen MR) is 81.1 cm³/mol. The zero-order valence-corrected chi connectivity index (χ0v) is 12.9. The number of carbonyl (C=O) groups is 2. The third-order valence-electron chi connectivity index (χ3n) is 4.96. The van der Waals surface area contributed by atoms with Crippen LogP contribution in [0.25, 0.3) is 0 Å². The van der Waals surface area contributed by atoms with Gasteiger partial charge in [0, 0.05) is 5.69 Å². The molecule has 3 aliphatic heterocycles. The highest BCUT2D eigenvalue weighted by Gasteiger charge is 2.67. The summed E-state index contributed by atoms with van der Waals surface area (Å²) in [5.74, 6) is -0.857. The van der Waals surface area contributed by atoms with Crippen LogP contribution in [-0.4, -0.2) is 44.3 Å². The van der Waals surface area contributed by atoms with Gasteiger partial charge in [-0.1, -0.05) is 12.2 Å². The lowest BCUT2D eigenvalue weighted by Crippen LogP contribution is -2.39. The fourth-order valence-corrected chi connectivity index (χ4v) is 3.88. The van der Waals surface area contributed by atoms with Gasteiger partial charge in [0.25, 0.3) is 0 Å². The van der Waals surface area contributed by atoms with Crippen molar-refractivity contribution in [2.45, 2.75) is 11.7 Å². The first-order chi connectivity index (χ1) is 11.1. The quantitative estimate of drug-likeness (QED) is 0.618. The Morgan fingerprint density at radius 1 is 1.30 bits per heavy atom. The maximum absolute atomic E-state index is 12.9. The van der Waals surface area contributed by atoms with Crippen LogP contribution in [0.5, 0.6) is 5.75 Å². The molecule has 0 aromatic heterocycles. The second-order valence-corrected chi connectivity index (χ2v) is 6.05. The zero-order valence-electron chi connectivity index (χ0n) is 12.9. The lowest BCUT2D eigenvalue weighted by atomic mass is 9.77. The van der Waals surface area contributed by atoms with Crippen LogP contribution in [0, 0.1) is 11.8 Å². The number of methoxy groups -OCH3 is 2. The van der Waals surface area contributed by atoms with E-state index in [2.05, 4.69) is 0 Å². The molecule has 2 saturated heterocycles. The summed E-state index contributed by atoms with van der Waals surface area (Å²) >= 11 is 0. The van der Waals surface area contributed by atoms with Crippen LogP contribution >= 0.6 is 0 Å². The van der Waals surface area contributed by atoms with Crippen molar-refractivity contribution in [3.8, 4) is 5.75 Å². The minimum Gasteiger partial charge on any atom is -0.497 e. The van der Waals surface area contributed by atoms with Gasteiger partial charge in [-0.3, -0.25) is 9.59 Å². The molecule has 3 aliphatic rings. The summed E-state index contributed by atoms with van der Waals surface area (Å²) in [6.07, 6.45) is 3.42. The van der Waals surface area contributed by atoms with E-state index in [4.69, 9.17) is 14.2 Å². The molecule has 1 amide bonds. The molecular formula is C17H17NO5. The minimum atomic E-state index is -0.722. The van der Waals surface area contributed by atoms with Crippen molar-refractivity contribution in [3.05, 3.63) is 36.4 Å². The number of amides is 1. The van der Waals surface area contributed by atoms with Crippen molar-refractivity contribution in [1.29, 1.82) is 0 Å². The maximum Gasteiger partial charge on any atom is 0.312 e. The molecule has 2 fully saturated rings. The fraction of sp³-hybridized carbons (Fsp3) is 0.412. The summed E-state index contributed by atoms with van der Waals surface area (Å²) in [6.45, 7) is 0.406. The Bertz CT molecular complexity index is 697. The lowest BCUT2D eigenvalue weighted by Gasteiger charge is -2.22. The van der Waals surface area contributed by atoms with Gasteiger partial charge in [-0.05, 0) is 24.3 Å². The molecule has 1 aromatic carbocycles. The van der Waals surface area contributed by atoms with Gasteiger partial charge >= 0.3 is 5.97 Å². The van der Waals surface area contributed by atoms with Crippen LogP contribution in [-0.2, 0) is 19.1 Å². The molecule has 4 atom stereocenters. The Hall–Kier alpha value is -2.34. The van der Waals surface area contributed by atoms with Gasteiger partial charge in [-0.15, -0.1) is 0 Å². The molecular weight excluding hydrogens is 298 g/mol. The Balaban J connectivity index is 1.68. The van der Waals surface area contributed by atoms with Crippen LogP contribution in [0.2, 0.25) is 0 Å². The third kappa shape index (κ3) is 1.84. The molecule has 1 spiro atoms. The molecule has 1 aromatic rings. The van der Waals surface area contributed by atoms with E-state index in [1.54, 1.807) is 24.1 Å². The van der Waals surface area contributed by atoms with Gasteiger partial charge in [0.1, 0.15) is 17.3 Å². The number of anilines is 1. The van der Waals surface area contributed by atoms with Crippen LogP contribution in [0.3, 0.4) is 0 Å². The van der Waals surface area contributed by atoms with Crippen LogP contribution in [0.15, 0.2) is 36.4 Å². The van der Waals surface area contributed by atoms with Crippen molar-refractivity contribution in [3.63, 3.8) is 0 Å².